The minimum absolute atomic E-state index is 0.101. The van der Waals surface area contributed by atoms with Crippen LogP contribution in [0.15, 0.2) is 16.9 Å². The fourth-order valence-corrected chi connectivity index (χ4v) is 4.74. The number of ether oxygens (including phenoxy) is 2. The molecule has 1 N–H and O–H groups in total. The lowest BCUT2D eigenvalue weighted by Gasteiger charge is -2.28. The first-order chi connectivity index (χ1) is 17.2. The smallest absolute Gasteiger partial charge is 0.296 e. The van der Waals surface area contributed by atoms with E-state index < -0.39 is 35.0 Å². The molecule has 11 heteroatoms. The molecule has 4 rings (SSSR count). The molecular weight excluding hydrogens is 493 g/mol. The van der Waals surface area contributed by atoms with Gasteiger partial charge in [0, 0.05) is 26.0 Å². The Balaban J connectivity index is 1.82. The van der Waals surface area contributed by atoms with Gasteiger partial charge < -0.3 is 19.5 Å². The number of fused-ring (bicyclic) bond motifs is 2. The second-order valence-corrected chi connectivity index (χ2v) is 9.47. The van der Waals surface area contributed by atoms with E-state index in [4.69, 9.17) is 21.1 Å². The van der Waals surface area contributed by atoms with Gasteiger partial charge in [-0.2, -0.15) is 0 Å². The molecule has 2 aliphatic rings. The van der Waals surface area contributed by atoms with Crippen LogP contribution in [0.4, 0.5) is 4.39 Å². The number of likely N-dealkylation sites (N-methyl/N-ethyl adjacent to an activating group) is 1. The highest BCUT2D eigenvalue weighted by molar-refractivity contribution is 6.30. The maximum Gasteiger partial charge on any atom is 0.296 e. The van der Waals surface area contributed by atoms with Gasteiger partial charge in [-0.25, -0.2) is 9.37 Å². The minimum atomic E-state index is -0.749. The van der Waals surface area contributed by atoms with Crippen LogP contribution in [0.2, 0.25) is 5.02 Å². The molecule has 194 valence electrons. The molecule has 2 aromatic rings. The Morgan fingerprint density at radius 2 is 1.94 bits per heavy atom. The van der Waals surface area contributed by atoms with E-state index in [1.165, 1.54) is 21.6 Å². The summed E-state index contributed by atoms with van der Waals surface area (Å²) in [5, 5.41) is 10.6. The zero-order valence-electron chi connectivity index (χ0n) is 20.3. The van der Waals surface area contributed by atoms with Crippen LogP contribution in [0.3, 0.4) is 0 Å². The summed E-state index contributed by atoms with van der Waals surface area (Å²) in [6.45, 7) is 2.44. The standard InChI is InChI=1S/C25H29ClFN3O6/c1-3-15-12-35-13-18-24-28-22(23(33)25(34)30(15)24)19(31)8-7-14-10-16(26)17(27)11-20(14)36-9-5-4-6-21(32)29(18)2/h10-11,15,18,33H,3-9,12-13H2,1-2H3/t15-,18?/m0/s1. The molecule has 1 aromatic carbocycles. The third-order valence-corrected chi connectivity index (χ3v) is 7.02. The quantitative estimate of drug-likeness (QED) is 0.610. The summed E-state index contributed by atoms with van der Waals surface area (Å²) in [7, 11) is 1.61. The van der Waals surface area contributed by atoms with Gasteiger partial charge in [-0.05, 0) is 37.3 Å². The Morgan fingerprint density at radius 1 is 1.17 bits per heavy atom. The molecule has 1 amide bonds. The Bertz CT molecular complexity index is 1230. The molecule has 2 atom stereocenters. The third kappa shape index (κ3) is 5.10. The van der Waals surface area contributed by atoms with Crippen LogP contribution >= 0.6 is 11.6 Å². The topological polar surface area (TPSA) is 111 Å². The molecular formula is C25H29ClFN3O6. The summed E-state index contributed by atoms with van der Waals surface area (Å²) < 4.78 is 27.0. The Kier molecular flexibility index (Phi) is 7.94. The molecule has 36 heavy (non-hydrogen) atoms. The van der Waals surface area contributed by atoms with Crippen LogP contribution in [0, 0.1) is 5.82 Å². The van der Waals surface area contributed by atoms with Crippen molar-refractivity contribution in [2.45, 2.75) is 57.5 Å². The van der Waals surface area contributed by atoms with Crippen LogP contribution in [0.5, 0.6) is 11.5 Å². The first-order valence-corrected chi connectivity index (χ1v) is 12.4. The summed E-state index contributed by atoms with van der Waals surface area (Å²) in [5.74, 6) is -1.69. The number of halogens is 2. The number of aromatic hydroxyl groups is 1. The highest BCUT2D eigenvalue weighted by Gasteiger charge is 2.34. The van der Waals surface area contributed by atoms with Crippen molar-refractivity contribution in [3.63, 3.8) is 0 Å². The molecule has 3 heterocycles. The Morgan fingerprint density at radius 3 is 2.69 bits per heavy atom. The number of aromatic nitrogens is 2. The third-order valence-electron chi connectivity index (χ3n) is 6.73. The molecule has 0 spiro atoms. The first-order valence-electron chi connectivity index (χ1n) is 12.1. The number of Topliss-reactive ketones (excluding diaryl/α,β-unsaturated/α-hetero) is 1. The largest absolute Gasteiger partial charge is 0.501 e. The number of ketones is 1. The number of hydrogen-bond acceptors (Lipinski definition) is 7. The van der Waals surface area contributed by atoms with Crippen molar-refractivity contribution in [2.24, 2.45) is 0 Å². The van der Waals surface area contributed by atoms with Gasteiger partial charge in [0.25, 0.3) is 5.56 Å². The van der Waals surface area contributed by atoms with E-state index >= 15 is 0 Å². The van der Waals surface area contributed by atoms with Gasteiger partial charge in [0.1, 0.15) is 23.4 Å². The minimum Gasteiger partial charge on any atom is -0.501 e. The van der Waals surface area contributed by atoms with E-state index in [1.807, 2.05) is 6.92 Å². The van der Waals surface area contributed by atoms with Crippen molar-refractivity contribution in [2.75, 3.05) is 26.9 Å². The molecule has 0 saturated carbocycles. The highest BCUT2D eigenvalue weighted by atomic mass is 35.5. The van der Waals surface area contributed by atoms with E-state index in [2.05, 4.69) is 4.98 Å². The summed E-state index contributed by atoms with van der Waals surface area (Å²) >= 11 is 5.96. The lowest BCUT2D eigenvalue weighted by Crippen LogP contribution is -2.38. The van der Waals surface area contributed by atoms with Gasteiger partial charge in [0.05, 0.1) is 30.9 Å². The van der Waals surface area contributed by atoms with Crippen molar-refractivity contribution in [3.8, 4) is 11.5 Å². The average molecular weight is 522 g/mol. The van der Waals surface area contributed by atoms with Gasteiger partial charge in [0.2, 0.25) is 11.7 Å². The van der Waals surface area contributed by atoms with Crippen molar-refractivity contribution in [3.05, 3.63) is 50.4 Å². The molecule has 0 radical (unpaired) electrons. The summed E-state index contributed by atoms with van der Waals surface area (Å²) in [6.07, 6.45) is 1.82. The van der Waals surface area contributed by atoms with Gasteiger partial charge in [-0.1, -0.05) is 18.5 Å². The number of benzene rings is 1. The maximum atomic E-state index is 14.1. The fraction of sp³-hybridized carbons (Fsp3) is 0.520. The lowest BCUT2D eigenvalue weighted by atomic mass is 10.0. The number of aryl methyl sites for hydroxylation is 1. The molecule has 0 fully saturated rings. The predicted molar refractivity (Wildman–Crippen MR) is 129 cm³/mol. The zero-order valence-corrected chi connectivity index (χ0v) is 21.0. The average Bonchev–Trinajstić information content (AvgIpc) is 3.04. The number of nitrogens with zero attached hydrogens (tertiary/aromatic N) is 3. The number of carbonyl (C=O) groups is 2. The van der Waals surface area contributed by atoms with Crippen LogP contribution in [-0.4, -0.2) is 58.1 Å². The van der Waals surface area contributed by atoms with E-state index in [-0.39, 0.29) is 67.3 Å². The van der Waals surface area contributed by atoms with Gasteiger partial charge in [0.15, 0.2) is 11.5 Å². The lowest BCUT2D eigenvalue weighted by molar-refractivity contribution is -0.133. The maximum absolute atomic E-state index is 14.1. The second-order valence-electron chi connectivity index (χ2n) is 9.07. The Labute approximate surface area is 212 Å². The fourth-order valence-electron chi connectivity index (χ4n) is 4.55. The van der Waals surface area contributed by atoms with E-state index in [9.17, 15) is 23.9 Å². The van der Waals surface area contributed by atoms with Crippen molar-refractivity contribution >= 4 is 23.3 Å². The second kappa shape index (κ2) is 11.0. The summed E-state index contributed by atoms with van der Waals surface area (Å²) in [4.78, 5) is 45.4. The van der Waals surface area contributed by atoms with Crippen LogP contribution in [0.25, 0.3) is 0 Å². The molecule has 2 aliphatic heterocycles. The normalized spacial score (nSPS) is 21.5. The molecule has 2 bridgehead atoms. The number of amides is 1. The summed E-state index contributed by atoms with van der Waals surface area (Å²) in [6, 6.07) is 1.46. The molecule has 9 nitrogen and oxygen atoms in total. The predicted octanol–water partition coefficient (Wildman–Crippen LogP) is 3.60. The van der Waals surface area contributed by atoms with E-state index in [0.29, 0.717) is 24.8 Å². The number of rotatable bonds is 1. The van der Waals surface area contributed by atoms with Crippen molar-refractivity contribution in [1.29, 1.82) is 0 Å². The monoisotopic (exact) mass is 521 g/mol. The van der Waals surface area contributed by atoms with Gasteiger partial charge >= 0.3 is 0 Å². The molecule has 0 aliphatic carbocycles. The van der Waals surface area contributed by atoms with Crippen molar-refractivity contribution in [1.82, 2.24) is 14.5 Å². The van der Waals surface area contributed by atoms with E-state index in [1.54, 1.807) is 7.05 Å². The summed E-state index contributed by atoms with van der Waals surface area (Å²) in [5.41, 5.74) is -0.598. The highest BCUT2D eigenvalue weighted by Crippen LogP contribution is 2.31. The molecule has 0 saturated heterocycles. The Hall–Kier alpha value is -2.98. The van der Waals surface area contributed by atoms with Gasteiger partial charge in [-0.3, -0.25) is 19.0 Å². The van der Waals surface area contributed by atoms with E-state index in [0.717, 1.165) is 0 Å². The number of carbonyl (C=O) groups excluding carboxylic acids is 2. The molecule has 1 unspecified atom stereocenters. The van der Waals surface area contributed by atoms with Crippen molar-refractivity contribution < 1.29 is 28.6 Å². The number of hydrogen-bond donors (Lipinski definition) is 1. The van der Waals surface area contributed by atoms with Crippen LogP contribution in [0.1, 0.15) is 73.0 Å². The first kappa shape index (κ1) is 26.1. The zero-order chi connectivity index (χ0) is 26.0. The van der Waals surface area contributed by atoms with Crippen LogP contribution in [-0.2, 0) is 16.0 Å². The molecule has 1 aromatic heterocycles. The SMILES string of the molecule is CC[C@H]1COCC2c3nc(c(O)c(=O)n31)C(=O)CCc1cc(Cl)c(F)cc1OCCCCC(=O)N2C. The van der Waals surface area contributed by atoms with Gasteiger partial charge in [-0.15, -0.1) is 0 Å². The van der Waals surface area contributed by atoms with Crippen LogP contribution < -0.4 is 10.3 Å².